The Labute approximate surface area is 126 Å². The average Bonchev–Trinajstić information content (AvgIpc) is 3.25. The van der Waals surface area contributed by atoms with Gasteiger partial charge in [-0.15, -0.1) is 0 Å². The zero-order valence-corrected chi connectivity index (χ0v) is 12.5. The fourth-order valence-corrected chi connectivity index (χ4v) is 3.70. The van der Waals surface area contributed by atoms with Crippen LogP contribution in [0.1, 0.15) is 40.2 Å². The van der Waals surface area contributed by atoms with E-state index in [1.165, 1.54) is 18.4 Å². The van der Waals surface area contributed by atoms with Crippen molar-refractivity contribution in [1.29, 1.82) is 0 Å². The maximum Gasteiger partial charge on any atom is 0.251 e. The van der Waals surface area contributed by atoms with Crippen LogP contribution in [0.25, 0.3) is 6.08 Å². The smallest absolute Gasteiger partial charge is 0.251 e. The standard InChI is InChI=1S/C18H22N2O/c1-20-10-14-9-19-18(21)16-8-13(5-4-12-2-3-12)6-7-15(16)17(14)11-20/h4-8,12,14,17H,2-3,9-11H2,1H3,(H,19,21)/t14-,17-/m1/s1. The van der Waals surface area contributed by atoms with E-state index in [-0.39, 0.29) is 5.91 Å². The number of amides is 1. The highest BCUT2D eigenvalue weighted by Crippen LogP contribution is 2.36. The predicted molar refractivity (Wildman–Crippen MR) is 84.3 cm³/mol. The molecule has 2 atom stereocenters. The van der Waals surface area contributed by atoms with Crippen LogP contribution in [-0.2, 0) is 0 Å². The Bertz CT molecular complexity index is 603. The van der Waals surface area contributed by atoms with Gasteiger partial charge in [-0.1, -0.05) is 24.3 Å². The summed E-state index contributed by atoms with van der Waals surface area (Å²) in [5.41, 5.74) is 3.28. The van der Waals surface area contributed by atoms with E-state index in [1.54, 1.807) is 0 Å². The van der Waals surface area contributed by atoms with Gasteiger partial charge in [0, 0.05) is 31.1 Å². The monoisotopic (exact) mass is 282 g/mol. The van der Waals surface area contributed by atoms with E-state index in [9.17, 15) is 4.79 Å². The van der Waals surface area contributed by atoms with Crippen molar-refractivity contribution in [3.8, 4) is 0 Å². The molecule has 0 radical (unpaired) electrons. The third-order valence-corrected chi connectivity index (χ3v) is 5.05. The molecule has 0 aromatic heterocycles. The van der Waals surface area contributed by atoms with E-state index in [4.69, 9.17) is 0 Å². The third kappa shape index (κ3) is 2.51. The Morgan fingerprint density at radius 1 is 1.29 bits per heavy atom. The SMILES string of the molecule is CN1C[C@H]2CNC(=O)c3cc(C=CC4CC4)ccc3[C@@H]2C1. The van der Waals surface area contributed by atoms with Crippen molar-refractivity contribution >= 4 is 12.0 Å². The zero-order valence-electron chi connectivity index (χ0n) is 12.5. The molecule has 1 aliphatic carbocycles. The van der Waals surface area contributed by atoms with Crippen molar-refractivity contribution in [2.45, 2.75) is 18.8 Å². The van der Waals surface area contributed by atoms with Gasteiger partial charge in [-0.3, -0.25) is 4.79 Å². The number of nitrogens with one attached hydrogen (secondary N) is 1. The predicted octanol–water partition coefficient (Wildman–Crippen LogP) is 2.50. The van der Waals surface area contributed by atoms with Crippen molar-refractivity contribution in [2.24, 2.45) is 11.8 Å². The van der Waals surface area contributed by atoms with Gasteiger partial charge in [0.15, 0.2) is 0 Å². The molecule has 110 valence electrons. The highest BCUT2D eigenvalue weighted by molar-refractivity contribution is 5.97. The van der Waals surface area contributed by atoms with Gasteiger partial charge in [0.2, 0.25) is 0 Å². The van der Waals surface area contributed by atoms with Gasteiger partial charge in [0.1, 0.15) is 0 Å². The molecule has 1 amide bonds. The number of hydrogen-bond donors (Lipinski definition) is 1. The summed E-state index contributed by atoms with van der Waals surface area (Å²) in [5.74, 6) is 1.91. The first-order valence-corrected chi connectivity index (χ1v) is 7.99. The van der Waals surface area contributed by atoms with Gasteiger partial charge in [0.05, 0.1) is 0 Å². The Morgan fingerprint density at radius 2 is 2.14 bits per heavy atom. The van der Waals surface area contributed by atoms with Crippen LogP contribution in [-0.4, -0.2) is 37.5 Å². The lowest BCUT2D eigenvalue weighted by Gasteiger charge is -2.16. The van der Waals surface area contributed by atoms with Gasteiger partial charge in [0.25, 0.3) is 5.91 Å². The molecule has 4 rings (SSSR count). The minimum Gasteiger partial charge on any atom is -0.352 e. The van der Waals surface area contributed by atoms with Crippen LogP contribution in [0.5, 0.6) is 0 Å². The molecule has 1 N–H and O–H groups in total. The Balaban J connectivity index is 1.69. The number of allylic oxidation sites excluding steroid dienone is 1. The van der Waals surface area contributed by atoms with Crippen LogP contribution < -0.4 is 5.32 Å². The first kappa shape index (κ1) is 13.1. The summed E-state index contributed by atoms with van der Waals surface area (Å²) >= 11 is 0. The molecule has 1 saturated carbocycles. The lowest BCUT2D eigenvalue weighted by Crippen LogP contribution is -2.29. The summed E-state index contributed by atoms with van der Waals surface area (Å²) in [6.07, 6.45) is 7.09. The fraction of sp³-hybridized carbons (Fsp3) is 0.500. The third-order valence-electron chi connectivity index (χ3n) is 5.05. The van der Waals surface area contributed by atoms with E-state index >= 15 is 0 Å². The molecule has 1 aromatic rings. The topological polar surface area (TPSA) is 32.3 Å². The molecule has 3 heteroatoms. The molecule has 2 heterocycles. The van der Waals surface area contributed by atoms with Crippen molar-refractivity contribution < 1.29 is 4.79 Å². The number of carbonyl (C=O) groups is 1. The van der Waals surface area contributed by atoms with Crippen molar-refractivity contribution in [2.75, 3.05) is 26.7 Å². The molecule has 2 aliphatic heterocycles. The largest absolute Gasteiger partial charge is 0.352 e. The number of rotatable bonds is 2. The van der Waals surface area contributed by atoms with Gasteiger partial charge in [-0.25, -0.2) is 0 Å². The molecule has 0 bridgehead atoms. The van der Waals surface area contributed by atoms with Crippen LogP contribution >= 0.6 is 0 Å². The van der Waals surface area contributed by atoms with Gasteiger partial charge in [-0.2, -0.15) is 0 Å². The summed E-state index contributed by atoms with van der Waals surface area (Å²) < 4.78 is 0. The summed E-state index contributed by atoms with van der Waals surface area (Å²) in [5, 5.41) is 3.11. The molecule has 3 aliphatic rings. The molecular formula is C18H22N2O. The summed E-state index contributed by atoms with van der Waals surface area (Å²) in [7, 11) is 2.17. The quantitative estimate of drug-likeness (QED) is 0.904. The van der Waals surface area contributed by atoms with Gasteiger partial charge in [-0.05, 0) is 48.9 Å². The minimum absolute atomic E-state index is 0.101. The molecule has 21 heavy (non-hydrogen) atoms. The fourth-order valence-electron chi connectivity index (χ4n) is 3.70. The summed E-state index contributed by atoms with van der Waals surface area (Å²) in [6, 6.07) is 6.43. The highest BCUT2D eigenvalue weighted by atomic mass is 16.1. The second kappa shape index (κ2) is 4.99. The van der Waals surface area contributed by atoms with Gasteiger partial charge < -0.3 is 10.2 Å². The first-order valence-electron chi connectivity index (χ1n) is 7.99. The number of fused-ring (bicyclic) bond motifs is 3. The normalized spacial score (nSPS) is 29.1. The molecule has 3 nitrogen and oxygen atoms in total. The van der Waals surface area contributed by atoms with Crippen LogP contribution in [0.4, 0.5) is 0 Å². The van der Waals surface area contributed by atoms with Gasteiger partial charge >= 0.3 is 0 Å². The minimum atomic E-state index is 0.101. The molecular weight excluding hydrogens is 260 g/mol. The first-order chi connectivity index (χ1) is 10.2. The second-order valence-corrected chi connectivity index (χ2v) is 6.84. The number of benzene rings is 1. The molecule has 0 spiro atoms. The lowest BCUT2D eigenvalue weighted by atomic mass is 9.86. The van der Waals surface area contributed by atoms with E-state index in [1.807, 2.05) is 0 Å². The Kier molecular flexibility index (Phi) is 3.11. The van der Waals surface area contributed by atoms with E-state index in [2.05, 4.69) is 47.6 Å². The molecule has 1 aromatic carbocycles. The zero-order chi connectivity index (χ0) is 14.4. The van der Waals surface area contributed by atoms with E-state index in [0.717, 1.165) is 36.7 Å². The van der Waals surface area contributed by atoms with Crippen LogP contribution in [0, 0.1) is 11.8 Å². The van der Waals surface area contributed by atoms with E-state index in [0.29, 0.717) is 11.8 Å². The summed E-state index contributed by atoms with van der Waals surface area (Å²) in [4.78, 5) is 14.7. The van der Waals surface area contributed by atoms with E-state index < -0.39 is 0 Å². The average molecular weight is 282 g/mol. The highest BCUT2D eigenvalue weighted by Gasteiger charge is 2.36. The van der Waals surface area contributed by atoms with Crippen LogP contribution in [0.2, 0.25) is 0 Å². The van der Waals surface area contributed by atoms with Crippen LogP contribution in [0.15, 0.2) is 24.3 Å². The maximum absolute atomic E-state index is 12.4. The lowest BCUT2D eigenvalue weighted by molar-refractivity contribution is 0.0951. The number of nitrogens with zero attached hydrogens (tertiary/aromatic N) is 1. The molecule has 2 fully saturated rings. The second-order valence-electron chi connectivity index (χ2n) is 6.84. The maximum atomic E-state index is 12.4. The van der Waals surface area contributed by atoms with Crippen molar-refractivity contribution in [1.82, 2.24) is 10.2 Å². The van der Waals surface area contributed by atoms with Crippen molar-refractivity contribution in [3.05, 3.63) is 41.0 Å². The van der Waals surface area contributed by atoms with Crippen molar-refractivity contribution in [3.63, 3.8) is 0 Å². The Morgan fingerprint density at radius 3 is 2.95 bits per heavy atom. The number of likely N-dealkylation sites (N-methyl/N-ethyl adjacent to an activating group) is 1. The molecule has 1 saturated heterocycles. The molecule has 0 unspecified atom stereocenters. The number of likely N-dealkylation sites (tertiary alicyclic amines) is 1. The number of carbonyl (C=O) groups excluding carboxylic acids is 1. The summed E-state index contributed by atoms with van der Waals surface area (Å²) in [6.45, 7) is 2.94. The van der Waals surface area contributed by atoms with Crippen LogP contribution in [0.3, 0.4) is 0 Å². The Hall–Kier alpha value is -1.61. The number of hydrogen-bond acceptors (Lipinski definition) is 2.